The Morgan fingerprint density at radius 1 is 0.905 bits per heavy atom. The number of unbranched alkanes of at least 4 members (excludes halogenated alkanes) is 5. The molecule has 0 saturated heterocycles. The van der Waals surface area contributed by atoms with Crippen LogP contribution in [-0.4, -0.2) is 50.9 Å². The van der Waals surface area contributed by atoms with Gasteiger partial charge in [0.05, 0.1) is 33.4 Å². The van der Waals surface area contributed by atoms with E-state index < -0.39 is 10.1 Å². The van der Waals surface area contributed by atoms with Crippen molar-refractivity contribution in [2.45, 2.75) is 66.2 Å². The van der Waals surface area contributed by atoms with E-state index in [0.29, 0.717) is 11.8 Å². The average molecular weight is 325 g/mol. The summed E-state index contributed by atoms with van der Waals surface area (Å²) < 4.78 is 30.0. The molecule has 0 aromatic heterocycles. The van der Waals surface area contributed by atoms with Crippen molar-refractivity contribution < 1.29 is 17.5 Å². The maximum Gasteiger partial charge on any atom is 0.264 e. The normalized spacial score (nSPS) is 12.8. The molecular weight excluding hydrogens is 286 g/mol. The van der Waals surface area contributed by atoms with Gasteiger partial charge in [-0.25, -0.2) is 0 Å². The van der Waals surface area contributed by atoms with Crippen LogP contribution in [0.25, 0.3) is 0 Å². The van der Waals surface area contributed by atoms with Gasteiger partial charge in [-0.05, 0) is 6.42 Å². The highest BCUT2D eigenvalue weighted by atomic mass is 32.2. The molecule has 0 aliphatic heterocycles. The van der Waals surface area contributed by atoms with Crippen molar-refractivity contribution in [2.24, 2.45) is 5.41 Å². The third-order valence-corrected chi connectivity index (χ3v) is 3.51. The van der Waals surface area contributed by atoms with Crippen molar-refractivity contribution in [1.29, 1.82) is 0 Å². The summed E-state index contributed by atoms with van der Waals surface area (Å²) in [6, 6.07) is 0. The van der Waals surface area contributed by atoms with Gasteiger partial charge in [0.25, 0.3) is 10.1 Å². The molecule has 0 saturated carbocycles. The zero-order chi connectivity index (χ0) is 17.2. The maximum atomic E-state index is 10.3. The van der Waals surface area contributed by atoms with E-state index in [4.69, 9.17) is 4.55 Å². The molecule has 0 amide bonds. The van der Waals surface area contributed by atoms with Gasteiger partial charge in [0.15, 0.2) is 0 Å². The van der Waals surface area contributed by atoms with E-state index in [0.717, 1.165) is 17.3 Å². The molecule has 0 bridgehead atoms. The monoisotopic (exact) mass is 324 g/mol. The first-order valence-electron chi connectivity index (χ1n) is 8.02. The Hall–Kier alpha value is -0.130. The first-order valence-corrected chi connectivity index (χ1v) is 9.63. The van der Waals surface area contributed by atoms with Crippen molar-refractivity contribution >= 4 is 10.1 Å². The molecule has 0 aliphatic rings. The highest BCUT2D eigenvalue weighted by Crippen LogP contribution is 2.15. The molecular formula is C16H38NO3S+. The van der Waals surface area contributed by atoms with Crippen molar-refractivity contribution in [3.8, 4) is 0 Å². The van der Waals surface area contributed by atoms with E-state index >= 15 is 0 Å². The van der Waals surface area contributed by atoms with Gasteiger partial charge in [0, 0.05) is 5.41 Å². The molecule has 0 aromatic carbocycles. The van der Waals surface area contributed by atoms with Crippen LogP contribution in [0.5, 0.6) is 0 Å². The standard InChI is InChI=1S/C8H20N.C8H18O3S/c1-8(2,3)7-9(4,5)6;1-2-3-4-5-6-7-8-12(9,10)11/h7H2,1-6H3;2-8H2,1H3,(H,9,10,11)/q+1;. The largest absolute Gasteiger partial charge is 0.330 e. The second kappa shape index (κ2) is 10.6. The SMILES string of the molecule is CC(C)(C)C[N+](C)(C)C.CCCCCCCCS(=O)(=O)O. The van der Waals surface area contributed by atoms with Gasteiger partial charge in [0.1, 0.15) is 0 Å². The third-order valence-electron chi connectivity index (χ3n) is 2.70. The van der Waals surface area contributed by atoms with Gasteiger partial charge in [0.2, 0.25) is 0 Å². The van der Waals surface area contributed by atoms with Crippen LogP contribution < -0.4 is 0 Å². The van der Waals surface area contributed by atoms with E-state index in [9.17, 15) is 8.42 Å². The van der Waals surface area contributed by atoms with Gasteiger partial charge >= 0.3 is 0 Å². The molecule has 21 heavy (non-hydrogen) atoms. The summed E-state index contributed by atoms with van der Waals surface area (Å²) in [5.74, 6) is -0.0842. The van der Waals surface area contributed by atoms with E-state index in [1.54, 1.807) is 0 Å². The molecule has 5 heteroatoms. The summed E-state index contributed by atoms with van der Waals surface area (Å²) in [4.78, 5) is 0. The van der Waals surface area contributed by atoms with Crippen LogP contribution in [0.4, 0.5) is 0 Å². The van der Waals surface area contributed by atoms with Crippen LogP contribution in [0.3, 0.4) is 0 Å². The fraction of sp³-hybridized carbons (Fsp3) is 1.00. The summed E-state index contributed by atoms with van der Waals surface area (Å²) in [6.07, 6.45) is 6.14. The zero-order valence-corrected chi connectivity index (χ0v) is 16.1. The minimum atomic E-state index is -3.72. The molecule has 0 atom stereocenters. The summed E-state index contributed by atoms with van der Waals surface area (Å²) in [5.41, 5.74) is 0.457. The molecule has 0 fully saturated rings. The molecule has 0 rings (SSSR count). The smallest absolute Gasteiger partial charge is 0.264 e. The summed E-state index contributed by atoms with van der Waals surface area (Å²) in [6.45, 7) is 10.2. The predicted octanol–water partition coefficient (Wildman–Crippen LogP) is 3.97. The molecule has 0 spiro atoms. The lowest BCUT2D eigenvalue weighted by atomic mass is 9.96. The predicted molar refractivity (Wildman–Crippen MR) is 92.1 cm³/mol. The Morgan fingerprint density at radius 3 is 1.62 bits per heavy atom. The number of rotatable bonds is 8. The van der Waals surface area contributed by atoms with E-state index in [1.165, 1.54) is 25.8 Å². The third kappa shape index (κ3) is 28.7. The Morgan fingerprint density at radius 2 is 1.33 bits per heavy atom. The molecule has 1 N–H and O–H groups in total. The molecule has 0 unspecified atom stereocenters. The lowest BCUT2D eigenvalue weighted by molar-refractivity contribution is -0.876. The van der Waals surface area contributed by atoms with Crippen LogP contribution in [0, 0.1) is 5.41 Å². The lowest BCUT2D eigenvalue weighted by Crippen LogP contribution is -2.41. The molecule has 0 aromatic rings. The van der Waals surface area contributed by atoms with Crippen molar-refractivity contribution in [3.05, 3.63) is 0 Å². The van der Waals surface area contributed by atoms with Crippen molar-refractivity contribution in [3.63, 3.8) is 0 Å². The molecule has 4 nitrogen and oxygen atoms in total. The van der Waals surface area contributed by atoms with E-state index in [2.05, 4.69) is 48.8 Å². The van der Waals surface area contributed by atoms with Gasteiger partial charge < -0.3 is 4.48 Å². The van der Waals surface area contributed by atoms with Crippen LogP contribution in [0.1, 0.15) is 66.2 Å². The van der Waals surface area contributed by atoms with Gasteiger partial charge in [-0.15, -0.1) is 0 Å². The maximum absolute atomic E-state index is 10.3. The van der Waals surface area contributed by atoms with Crippen LogP contribution >= 0.6 is 0 Å². The summed E-state index contributed by atoms with van der Waals surface area (Å²) in [5, 5.41) is 0. The average Bonchev–Trinajstić information content (AvgIpc) is 2.17. The fourth-order valence-corrected chi connectivity index (χ4v) is 3.06. The Bertz CT molecular complexity index is 326. The Labute approximate surface area is 133 Å². The number of quaternary nitrogens is 1. The Kier molecular flexibility index (Phi) is 11.6. The summed E-state index contributed by atoms with van der Waals surface area (Å²) >= 11 is 0. The zero-order valence-electron chi connectivity index (χ0n) is 15.3. The van der Waals surface area contributed by atoms with Gasteiger partial charge in [-0.2, -0.15) is 8.42 Å². The minimum absolute atomic E-state index is 0.0842. The highest BCUT2D eigenvalue weighted by molar-refractivity contribution is 7.85. The minimum Gasteiger partial charge on any atom is -0.330 e. The molecule has 0 aliphatic carbocycles. The second-order valence-corrected chi connectivity index (χ2v) is 9.63. The van der Waals surface area contributed by atoms with Crippen LogP contribution in [-0.2, 0) is 10.1 Å². The summed E-state index contributed by atoms with van der Waals surface area (Å²) in [7, 11) is 2.97. The topological polar surface area (TPSA) is 54.4 Å². The lowest BCUT2D eigenvalue weighted by Gasteiger charge is -2.31. The van der Waals surface area contributed by atoms with Crippen LogP contribution in [0.15, 0.2) is 0 Å². The van der Waals surface area contributed by atoms with E-state index in [-0.39, 0.29) is 5.75 Å². The second-order valence-electron chi connectivity index (χ2n) is 8.06. The Balaban J connectivity index is 0. The van der Waals surface area contributed by atoms with E-state index in [1.807, 2.05) is 0 Å². The number of nitrogens with zero attached hydrogens (tertiary/aromatic N) is 1. The number of hydrogen-bond donors (Lipinski definition) is 1. The highest BCUT2D eigenvalue weighted by Gasteiger charge is 2.19. The van der Waals surface area contributed by atoms with Gasteiger partial charge in [-0.3, -0.25) is 4.55 Å². The van der Waals surface area contributed by atoms with Crippen molar-refractivity contribution in [1.82, 2.24) is 0 Å². The van der Waals surface area contributed by atoms with Gasteiger partial charge in [-0.1, -0.05) is 59.8 Å². The fourth-order valence-electron chi connectivity index (χ4n) is 2.49. The van der Waals surface area contributed by atoms with Crippen molar-refractivity contribution in [2.75, 3.05) is 33.4 Å². The quantitative estimate of drug-likeness (QED) is 0.417. The number of hydrogen-bond acceptors (Lipinski definition) is 2. The molecule has 0 heterocycles. The molecule has 130 valence electrons. The molecule has 0 radical (unpaired) electrons. The van der Waals surface area contributed by atoms with Crippen LogP contribution in [0.2, 0.25) is 0 Å². The first-order chi connectivity index (χ1) is 9.27. The first kappa shape index (κ1) is 23.1.